The molecule has 6 heteroatoms. The monoisotopic (exact) mass is 371 g/mol. The van der Waals surface area contributed by atoms with Crippen LogP contribution in [0.2, 0.25) is 0 Å². The zero-order chi connectivity index (χ0) is 19.1. The van der Waals surface area contributed by atoms with E-state index in [1.54, 1.807) is 0 Å². The number of hydrogen-bond acceptors (Lipinski definition) is 3. The molecule has 2 amide bonds. The van der Waals surface area contributed by atoms with Gasteiger partial charge in [-0.1, -0.05) is 31.0 Å². The molecule has 0 bridgehead atoms. The van der Waals surface area contributed by atoms with Crippen molar-refractivity contribution in [2.75, 3.05) is 13.2 Å². The second-order valence-corrected chi connectivity index (χ2v) is 7.07. The number of H-pyrrole nitrogens is 1. The topological polar surface area (TPSA) is 74.4 Å². The highest BCUT2D eigenvalue weighted by Gasteiger charge is 2.23. The van der Waals surface area contributed by atoms with E-state index >= 15 is 0 Å². The van der Waals surface area contributed by atoms with Gasteiger partial charge in [-0.3, -0.25) is 14.4 Å². The van der Waals surface area contributed by atoms with E-state index in [9.17, 15) is 9.59 Å². The summed E-state index contributed by atoms with van der Waals surface area (Å²) in [6.45, 7) is 3.79. The first-order chi connectivity index (χ1) is 13.2. The van der Waals surface area contributed by atoms with E-state index in [4.69, 9.17) is 4.84 Å². The number of fused-ring (bicyclic) bond motifs is 3. The molecule has 1 aromatic heterocycles. The number of benzene rings is 1. The van der Waals surface area contributed by atoms with Crippen LogP contribution in [0.15, 0.2) is 24.3 Å². The molecule has 0 unspecified atom stereocenters. The maximum absolute atomic E-state index is 12.5. The molecule has 0 fully saturated rings. The molecule has 2 heterocycles. The van der Waals surface area contributed by atoms with E-state index in [1.165, 1.54) is 16.6 Å². The van der Waals surface area contributed by atoms with E-state index in [-0.39, 0.29) is 11.8 Å². The van der Waals surface area contributed by atoms with E-state index in [1.807, 2.05) is 17.9 Å². The van der Waals surface area contributed by atoms with Crippen LogP contribution in [0.5, 0.6) is 0 Å². The van der Waals surface area contributed by atoms with Gasteiger partial charge in [0, 0.05) is 36.0 Å². The minimum Gasteiger partial charge on any atom is -0.357 e. The lowest BCUT2D eigenvalue weighted by atomic mass is 10.0. The fraction of sp³-hybridized carbons (Fsp3) is 0.524. The molecule has 146 valence electrons. The summed E-state index contributed by atoms with van der Waals surface area (Å²) in [5.74, 6) is 0.156. The lowest BCUT2D eigenvalue weighted by molar-refractivity contribution is -0.133. The molecule has 27 heavy (non-hydrogen) atoms. The van der Waals surface area contributed by atoms with Crippen molar-refractivity contribution in [3.63, 3.8) is 0 Å². The summed E-state index contributed by atoms with van der Waals surface area (Å²) in [7, 11) is 0. The van der Waals surface area contributed by atoms with Crippen LogP contribution in [0.1, 0.15) is 56.7 Å². The Morgan fingerprint density at radius 1 is 1.15 bits per heavy atom. The van der Waals surface area contributed by atoms with Gasteiger partial charge in [-0.15, -0.1) is 0 Å². The summed E-state index contributed by atoms with van der Waals surface area (Å²) >= 11 is 0. The first-order valence-electron chi connectivity index (χ1n) is 9.96. The zero-order valence-electron chi connectivity index (χ0n) is 16.1. The fourth-order valence-corrected chi connectivity index (χ4v) is 3.68. The summed E-state index contributed by atoms with van der Waals surface area (Å²) in [5.41, 5.74) is 6.10. The van der Waals surface area contributed by atoms with Crippen molar-refractivity contribution >= 4 is 22.7 Å². The normalized spacial score (nSPS) is 13.6. The van der Waals surface area contributed by atoms with Crippen molar-refractivity contribution in [3.05, 3.63) is 35.5 Å². The Morgan fingerprint density at radius 2 is 1.93 bits per heavy atom. The Hall–Kier alpha value is -2.34. The lowest BCUT2D eigenvalue weighted by Crippen LogP contribution is -2.35. The average molecular weight is 371 g/mol. The molecule has 0 saturated heterocycles. The molecule has 3 rings (SSSR count). The van der Waals surface area contributed by atoms with Crippen LogP contribution < -0.4 is 5.48 Å². The second-order valence-electron chi connectivity index (χ2n) is 7.07. The lowest BCUT2D eigenvalue weighted by Gasteiger charge is -2.27. The molecule has 2 N–H and O–H groups in total. The van der Waals surface area contributed by atoms with Gasteiger partial charge in [0.05, 0.1) is 13.2 Å². The predicted octanol–water partition coefficient (Wildman–Crippen LogP) is 3.46. The third-order valence-electron chi connectivity index (χ3n) is 5.11. The summed E-state index contributed by atoms with van der Waals surface area (Å²) in [6.07, 6.45) is 5.61. The molecule has 1 aliphatic heterocycles. The average Bonchev–Trinajstić information content (AvgIpc) is 3.06. The summed E-state index contributed by atoms with van der Waals surface area (Å²) in [5, 5.41) is 1.29. The van der Waals surface area contributed by atoms with E-state index in [0.717, 1.165) is 44.2 Å². The number of unbranched alkanes of at least 4 members (excludes halogenated alkanes) is 3. The standard InChI is InChI=1S/C21H29N3O3/c1-2-27-23-20(25)11-5-3-4-6-12-21(26)24-14-13-17-16-9-7-8-10-18(16)22-19(17)15-24/h7-10,22H,2-6,11-15H2,1H3,(H,23,25). The maximum Gasteiger partial charge on any atom is 0.243 e. The molecule has 2 aromatic rings. The molecule has 1 aromatic carbocycles. The number of aromatic nitrogens is 1. The highest BCUT2D eigenvalue weighted by atomic mass is 16.6. The van der Waals surface area contributed by atoms with Crippen LogP contribution >= 0.6 is 0 Å². The number of amides is 2. The van der Waals surface area contributed by atoms with Crippen LogP contribution in [-0.2, 0) is 27.4 Å². The van der Waals surface area contributed by atoms with Crippen LogP contribution in [-0.4, -0.2) is 34.8 Å². The van der Waals surface area contributed by atoms with Gasteiger partial charge < -0.3 is 9.88 Å². The van der Waals surface area contributed by atoms with E-state index in [0.29, 0.717) is 26.0 Å². The first kappa shape index (κ1) is 19.4. The molecule has 6 nitrogen and oxygen atoms in total. The molecule has 0 radical (unpaired) electrons. The molecular weight excluding hydrogens is 342 g/mol. The number of nitrogens with zero attached hydrogens (tertiary/aromatic N) is 1. The molecule has 1 aliphatic rings. The maximum atomic E-state index is 12.5. The van der Waals surface area contributed by atoms with Gasteiger partial charge in [0.1, 0.15) is 0 Å². The Bertz CT molecular complexity index is 784. The van der Waals surface area contributed by atoms with Crippen molar-refractivity contribution in [1.82, 2.24) is 15.4 Å². The molecule has 0 spiro atoms. The number of rotatable bonds is 9. The fourth-order valence-electron chi connectivity index (χ4n) is 3.68. The Balaban J connectivity index is 1.36. The number of para-hydroxylation sites is 1. The van der Waals surface area contributed by atoms with Gasteiger partial charge in [-0.25, -0.2) is 5.48 Å². The number of carbonyl (C=O) groups is 2. The first-order valence-corrected chi connectivity index (χ1v) is 9.96. The van der Waals surface area contributed by atoms with Crippen LogP contribution in [0.25, 0.3) is 10.9 Å². The van der Waals surface area contributed by atoms with Gasteiger partial charge in [-0.2, -0.15) is 0 Å². The Labute approximate surface area is 160 Å². The van der Waals surface area contributed by atoms with Crippen LogP contribution in [0.3, 0.4) is 0 Å². The molecule has 0 aliphatic carbocycles. The van der Waals surface area contributed by atoms with Crippen LogP contribution in [0.4, 0.5) is 0 Å². The van der Waals surface area contributed by atoms with Crippen molar-refractivity contribution in [3.8, 4) is 0 Å². The minimum absolute atomic E-state index is 0.0737. The van der Waals surface area contributed by atoms with Gasteiger partial charge in [0.15, 0.2) is 0 Å². The largest absolute Gasteiger partial charge is 0.357 e. The molecule has 0 saturated carbocycles. The predicted molar refractivity (Wildman–Crippen MR) is 105 cm³/mol. The van der Waals surface area contributed by atoms with Gasteiger partial charge in [0.25, 0.3) is 0 Å². The quantitative estimate of drug-likeness (QED) is 0.524. The highest BCUT2D eigenvalue weighted by molar-refractivity contribution is 5.85. The van der Waals surface area contributed by atoms with Crippen molar-refractivity contribution < 1.29 is 14.4 Å². The molecular formula is C21H29N3O3. The molecule has 0 atom stereocenters. The summed E-state index contributed by atoms with van der Waals surface area (Å²) in [4.78, 5) is 34.2. The van der Waals surface area contributed by atoms with Gasteiger partial charge in [-0.05, 0) is 37.8 Å². The van der Waals surface area contributed by atoms with Crippen LogP contribution in [0, 0.1) is 0 Å². The van der Waals surface area contributed by atoms with Crippen molar-refractivity contribution in [1.29, 1.82) is 0 Å². The second kappa shape index (κ2) is 9.55. The van der Waals surface area contributed by atoms with E-state index < -0.39 is 0 Å². The summed E-state index contributed by atoms with van der Waals surface area (Å²) in [6, 6.07) is 8.34. The number of nitrogens with one attached hydrogen (secondary N) is 2. The number of aromatic amines is 1. The Kier molecular flexibility index (Phi) is 6.87. The third-order valence-corrected chi connectivity index (χ3v) is 5.11. The van der Waals surface area contributed by atoms with Crippen molar-refractivity contribution in [2.45, 2.75) is 58.4 Å². The number of hydroxylamine groups is 1. The third kappa shape index (κ3) is 5.10. The zero-order valence-corrected chi connectivity index (χ0v) is 16.1. The van der Waals surface area contributed by atoms with Crippen molar-refractivity contribution in [2.24, 2.45) is 0 Å². The Morgan fingerprint density at radius 3 is 2.74 bits per heavy atom. The number of hydrogen-bond donors (Lipinski definition) is 2. The van der Waals surface area contributed by atoms with E-state index in [2.05, 4.69) is 28.7 Å². The highest BCUT2D eigenvalue weighted by Crippen LogP contribution is 2.27. The smallest absolute Gasteiger partial charge is 0.243 e. The number of carbonyl (C=O) groups excluding carboxylic acids is 2. The van der Waals surface area contributed by atoms with Gasteiger partial charge >= 0.3 is 0 Å². The summed E-state index contributed by atoms with van der Waals surface area (Å²) < 4.78 is 0. The van der Waals surface area contributed by atoms with Gasteiger partial charge in [0.2, 0.25) is 11.8 Å². The SMILES string of the molecule is CCONC(=O)CCCCCCC(=O)N1CCc2c([nH]c3ccccc23)C1. The minimum atomic E-state index is -0.0737.